The summed E-state index contributed by atoms with van der Waals surface area (Å²) in [4.78, 5) is 14.3. The monoisotopic (exact) mass is 875 g/mol. The van der Waals surface area contributed by atoms with Crippen LogP contribution in [0.5, 0.6) is 0 Å². The minimum absolute atomic E-state index is 0.00895. The summed E-state index contributed by atoms with van der Waals surface area (Å²) in [5.41, 5.74) is -0.365. The van der Waals surface area contributed by atoms with Gasteiger partial charge in [-0.2, -0.15) is 0 Å². The van der Waals surface area contributed by atoms with Crippen molar-refractivity contribution in [1.29, 1.82) is 0 Å². The van der Waals surface area contributed by atoms with Crippen molar-refractivity contribution in [1.82, 2.24) is 0 Å². The molecule has 6 heterocycles. The van der Waals surface area contributed by atoms with Crippen LogP contribution in [0, 0.1) is 23.7 Å². The van der Waals surface area contributed by atoms with Gasteiger partial charge in [0.15, 0.2) is 18.4 Å². The first-order valence-electron chi connectivity index (χ1n) is 23.2. The Bertz CT molecular complexity index is 1680. The van der Waals surface area contributed by atoms with Gasteiger partial charge in [0.2, 0.25) is 0 Å². The fourth-order valence-corrected chi connectivity index (χ4v) is 10.9. The van der Waals surface area contributed by atoms with E-state index in [1.807, 2.05) is 26.0 Å². The number of fused-ring (bicyclic) bond motifs is 2. The Morgan fingerprint density at radius 2 is 1.61 bits per heavy atom. The number of esters is 1. The molecule has 350 valence electrons. The number of hydrogen-bond acceptors (Lipinski definition) is 14. The van der Waals surface area contributed by atoms with E-state index in [9.17, 15) is 20.1 Å². The molecular formula is C48H74O14. The fraction of sp³-hybridized carbons (Fsp3) is 0.812. The molecule has 0 aromatic carbocycles. The lowest BCUT2D eigenvalue weighted by atomic mass is 9.72. The second-order valence-corrected chi connectivity index (χ2v) is 19.4. The number of carbonyl (C=O) groups is 1. The van der Waals surface area contributed by atoms with Crippen LogP contribution in [0.25, 0.3) is 0 Å². The maximum atomic E-state index is 14.3. The van der Waals surface area contributed by atoms with Crippen LogP contribution in [0.2, 0.25) is 0 Å². The molecule has 62 heavy (non-hydrogen) atoms. The molecule has 5 saturated heterocycles. The predicted octanol–water partition coefficient (Wildman–Crippen LogP) is 5.60. The van der Waals surface area contributed by atoms with Crippen molar-refractivity contribution in [3.05, 3.63) is 47.1 Å². The van der Waals surface area contributed by atoms with Gasteiger partial charge >= 0.3 is 5.97 Å². The zero-order valence-electron chi connectivity index (χ0n) is 38.5. The van der Waals surface area contributed by atoms with Gasteiger partial charge in [-0.15, -0.1) is 0 Å². The van der Waals surface area contributed by atoms with Crippen LogP contribution < -0.4 is 0 Å². The standard InChI is InChI=1S/C48H74O14/c1-11-25(2)43-28(5)17-18-47(62-43)23-34-20-33(61-47)16-15-27(4)42(26(3)13-12-14-32-24-55-45-40(49)29(6)19-35(46(51)58-34)48(32,45)52)59-39-22-37(54-10)44(31(8)57-39)60-38-21-36(53-9)41(50)30(7)56-38/h12-15,19,25-26,28-31,33-34,36-45,49-50,52H,11,16-18,20-24H2,1-10H3/b13-12-,27-15-,32-14?/t25-,26-,28-,29-,30-,31-,33+,34-,36-,37-,38-,39-,40+,41-,42-,43+,44-,45+,47+,48+/m0/s1. The summed E-state index contributed by atoms with van der Waals surface area (Å²) in [6, 6.07) is 0. The third-order valence-electron chi connectivity index (χ3n) is 14.9. The lowest BCUT2D eigenvalue weighted by Crippen LogP contribution is -2.56. The Kier molecular flexibility index (Phi) is 15.3. The SMILES string of the molecule is CC[C@H](C)[C@H]1O[C@]2(CC[C@@H]1C)C[C@@H]1C[C@@H](C/C=C(/C)[C@@H](O[C@H]3C[C@H](OC)[C@@H](O[C@H]4C[C@H](OC)[C@@H](O)[C@H](C)O4)[C@H](C)O3)[C@@H](C)/C=C\C=C3CO[C@@H]4[C@H](O)[C@@H](C)C=C(C(=O)O1)[C@]34O)O2. The molecule has 14 heteroatoms. The van der Waals surface area contributed by atoms with E-state index in [1.165, 1.54) is 0 Å². The highest BCUT2D eigenvalue weighted by atomic mass is 16.7. The summed E-state index contributed by atoms with van der Waals surface area (Å²) in [6.45, 7) is 16.3. The number of ether oxygens (including phenoxy) is 10. The minimum Gasteiger partial charge on any atom is -0.459 e. The van der Waals surface area contributed by atoms with Gasteiger partial charge in [0.25, 0.3) is 0 Å². The molecule has 2 bridgehead atoms. The van der Waals surface area contributed by atoms with Gasteiger partial charge in [-0.3, -0.25) is 0 Å². The van der Waals surface area contributed by atoms with Gasteiger partial charge in [-0.1, -0.05) is 71.4 Å². The van der Waals surface area contributed by atoms with Gasteiger partial charge < -0.3 is 62.7 Å². The molecule has 14 nitrogen and oxygen atoms in total. The van der Waals surface area contributed by atoms with E-state index in [2.05, 4.69) is 40.7 Å². The predicted molar refractivity (Wildman–Crippen MR) is 227 cm³/mol. The van der Waals surface area contributed by atoms with Crippen LogP contribution in [0.15, 0.2) is 47.1 Å². The molecule has 3 N–H and O–H groups in total. The number of aliphatic hydroxyl groups is 3. The van der Waals surface area contributed by atoms with Gasteiger partial charge in [-0.05, 0) is 56.6 Å². The highest BCUT2D eigenvalue weighted by Gasteiger charge is 2.59. The molecule has 0 radical (unpaired) electrons. The summed E-state index contributed by atoms with van der Waals surface area (Å²) < 4.78 is 63.9. The van der Waals surface area contributed by atoms with Crippen molar-refractivity contribution in [2.45, 2.75) is 204 Å². The average molecular weight is 875 g/mol. The van der Waals surface area contributed by atoms with Crippen molar-refractivity contribution in [3.63, 3.8) is 0 Å². The van der Waals surface area contributed by atoms with Crippen LogP contribution >= 0.6 is 0 Å². The smallest absolute Gasteiger partial charge is 0.337 e. The first-order valence-corrected chi connectivity index (χ1v) is 23.2. The van der Waals surface area contributed by atoms with Crippen molar-refractivity contribution < 1.29 is 67.5 Å². The number of methoxy groups -OCH3 is 2. The maximum Gasteiger partial charge on any atom is 0.337 e. The number of aliphatic hydroxyl groups excluding tert-OH is 2. The van der Waals surface area contributed by atoms with E-state index < -0.39 is 90.8 Å². The molecule has 0 saturated carbocycles. The molecule has 1 spiro atoms. The Morgan fingerprint density at radius 1 is 0.903 bits per heavy atom. The van der Waals surface area contributed by atoms with E-state index in [4.69, 9.17) is 47.4 Å². The minimum atomic E-state index is -1.88. The van der Waals surface area contributed by atoms with E-state index in [0.717, 1.165) is 18.4 Å². The van der Waals surface area contributed by atoms with Crippen LogP contribution in [0.4, 0.5) is 0 Å². The molecule has 20 atom stereocenters. The summed E-state index contributed by atoms with van der Waals surface area (Å²) >= 11 is 0. The number of hydrogen-bond donors (Lipinski definition) is 3. The number of carbonyl (C=O) groups excluding carboxylic acids is 1. The second kappa shape index (κ2) is 19.8. The molecule has 0 amide bonds. The van der Waals surface area contributed by atoms with Gasteiger partial charge in [0, 0.05) is 58.2 Å². The first-order chi connectivity index (χ1) is 29.5. The lowest BCUT2D eigenvalue weighted by molar-refractivity contribution is -0.340. The summed E-state index contributed by atoms with van der Waals surface area (Å²) in [6.07, 6.45) is 6.53. The van der Waals surface area contributed by atoms with E-state index in [1.54, 1.807) is 33.3 Å². The Balaban J connectivity index is 1.18. The zero-order chi connectivity index (χ0) is 44.7. The Morgan fingerprint density at radius 3 is 2.34 bits per heavy atom. The maximum absolute atomic E-state index is 14.3. The average Bonchev–Trinajstić information content (AvgIpc) is 3.58. The molecule has 7 rings (SSSR count). The third kappa shape index (κ3) is 9.73. The van der Waals surface area contributed by atoms with Crippen molar-refractivity contribution in [3.8, 4) is 0 Å². The topological polar surface area (TPSA) is 170 Å². The van der Waals surface area contributed by atoms with E-state index in [0.29, 0.717) is 55.9 Å². The molecule has 0 unspecified atom stereocenters. The van der Waals surface area contributed by atoms with Gasteiger partial charge in [0.1, 0.15) is 30.0 Å². The normalized spacial score (nSPS) is 48.6. The fourth-order valence-electron chi connectivity index (χ4n) is 10.9. The zero-order valence-corrected chi connectivity index (χ0v) is 38.5. The molecule has 0 aromatic heterocycles. The van der Waals surface area contributed by atoms with Crippen molar-refractivity contribution in [2.75, 3.05) is 20.8 Å². The number of rotatable bonds is 8. The molecule has 5 fully saturated rings. The summed E-state index contributed by atoms with van der Waals surface area (Å²) in [5, 5.41) is 34.2. The third-order valence-corrected chi connectivity index (χ3v) is 14.9. The highest BCUT2D eigenvalue weighted by Crippen LogP contribution is 2.48. The molecule has 6 aliphatic heterocycles. The Hall–Kier alpha value is -2.05. The molecule has 7 aliphatic rings. The molecule has 1 aliphatic carbocycles. The quantitative estimate of drug-likeness (QED) is 0.204. The van der Waals surface area contributed by atoms with Gasteiger partial charge in [-0.25, -0.2) is 4.79 Å². The van der Waals surface area contributed by atoms with Crippen LogP contribution in [-0.2, 0) is 52.2 Å². The molecular weight excluding hydrogens is 801 g/mol. The van der Waals surface area contributed by atoms with E-state index in [-0.39, 0.29) is 36.4 Å². The van der Waals surface area contributed by atoms with Gasteiger partial charge in [0.05, 0.1) is 61.0 Å². The summed E-state index contributed by atoms with van der Waals surface area (Å²) in [7, 11) is 3.23. The number of allylic oxidation sites excluding steroid dienone is 2. The largest absolute Gasteiger partial charge is 0.459 e. The van der Waals surface area contributed by atoms with E-state index >= 15 is 0 Å². The van der Waals surface area contributed by atoms with Crippen LogP contribution in [-0.4, -0.2) is 139 Å². The van der Waals surface area contributed by atoms with Crippen molar-refractivity contribution in [2.24, 2.45) is 23.7 Å². The highest BCUT2D eigenvalue weighted by molar-refractivity contribution is 5.93. The molecule has 0 aromatic rings. The van der Waals surface area contributed by atoms with Crippen molar-refractivity contribution >= 4 is 5.97 Å². The first kappa shape index (κ1) is 47.9. The lowest BCUT2D eigenvalue weighted by Gasteiger charge is -2.51. The van der Waals surface area contributed by atoms with Crippen LogP contribution in [0.3, 0.4) is 0 Å². The summed E-state index contributed by atoms with van der Waals surface area (Å²) in [5.74, 6) is -1.53. The second-order valence-electron chi connectivity index (χ2n) is 19.4. The van der Waals surface area contributed by atoms with Crippen LogP contribution in [0.1, 0.15) is 107 Å². The Labute approximate surface area is 368 Å².